The molecule has 1 aromatic carbocycles. The number of hydrogen-bond acceptors (Lipinski definition) is 3. The van der Waals surface area contributed by atoms with Gasteiger partial charge < -0.3 is 10.8 Å². The third-order valence-corrected chi connectivity index (χ3v) is 3.74. The van der Waals surface area contributed by atoms with E-state index in [4.69, 9.17) is 18.0 Å². The van der Waals surface area contributed by atoms with Gasteiger partial charge in [-0.1, -0.05) is 36.5 Å². The SMILES string of the molecule is NC(=S)c1ccc(CN2CCCC(CO)C2)cc1. The molecule has 18 heavy (non-hydrogen) atoms. The molecule has 0 amide bonds. The Hall–Kier alpha value is -0.970. The number of piperidine rings is 1. The van der Waals surface area contributed by atoms with Crippen LogP contribution in [0.3, 0.4) is 0 Å². The van der Waals surface area contributed by atoms with Crippen molar-refractivity contribution >= 4 is 17.2 Å². The molecule has 4 heteroatoms. The molecule has 1 heterocycles. The summed E-state index contributed by atoms with van der Waals surface area (Å²) < 4.78 is 0. The topological polar surface area (TPSA) is 49.5 Å². The van der Waals surface area contributed by atoms with Crippen LogP contribution in [0.15, 0.2) is 24.3 Å². The van der Waals surface area contributed by atoms with Crippen molar-refractivity contribution in [3.63, 3.8) is 0 Å². The molecule has 1 fully saturated rings. The molecule has 3 N–H and O–H groups in total. The van der Waals surface area contributed by atoms with E-state index >= 15 is 0 Å². The number of rotatable bonds is 4. The molecular formula is C14H20N2OS. The van der Waals surface area contributed by atoms with Crippen molar-refractivity contribution < 1.29 is 5.11 Å². The number of thiocarbonyl (C=S) groups is 1. The fraction of sp³-hybridized carbons (Fsp3) is 0.500. The molecule has 1 aromatic rings. The molecule has 0 spiro atoms. The minimum atomic E-state index is 0.302. The fourth-order valence-electron chi connectivity index (χ4n) is 2.48. The summed E-state index contributed by atoms with van der Waals surface area (Å²) in [5.41, 5.74) is 7.77. The summed E-state index contributed by atoms with van der Waals surface area (Å²) in [6.07, 6.45) is 2.32. The van der Waals surface area contributed by atoms with Crippen molar-refractivity contribution in [3.8, 4) is 0 Å². The maximum atomic E-state index is 9.22. The van der Waals surface area contributed by atoms with Gasteiger partial charge in [0, 0.05) is 25.3 Å². The molecule has 0 radical (unpaired) electrons. The summed E-state index contributed by atoms with van der Waals surface area (Å²) >= 11 is 4.94. The molecular weight excluding hydrogens is 244 g/mol. The zero-order chi connectivity index (χ0) is 13.0. The van der Waals surface area contributed by atoms with Gasteiger partial charge in [0.25, 0.3) is 0 Å². The van der Waals surface area contributed by atoms with E-state index in [9.17, 15) is 5.11 Å². The lowest BCUT2D eigenvalue weighted by molar-refractivity contribution is 0.116. The minimum absolute atomic E-state index is 0.302. The molecule has 0 bridgehead atoms. The zero-order valence-corrected chi connectivity index (χ0v) is 11.3. The molecule has 1 saturated heterocycles. The van der Waals surface area contributed by atoms with Crippen molar-refractivity contribution in [2.75, 3.05) is 19.7 Å². The number of likely N-dealkylation sites (tertiary alicyclic amines) is 1. The van der Waals surface area contributed by atoms with Crippen LogP contribution in [0.25, 0.3) is 0 Å². The Morgan fingerprint density at radius 1 is 1.39 bits per heavy atom. The van der Waals surface area contributed by atoms with E-state index in [2.05, 4.69) is 17.0 Å². The largest absolute Gasteiger partial charge is 0.396 e. The molecule has 3 nitrogen and oxygen atoms in total. The van der Waals surface area contributed by atoms with Gasteiger partial charge in [-0.3, -0.25) is 4.90 Å². The molecule has 98 valence electrons. The van der Waals surface area contributed by atoms with E-state index in [1.54, 1.807) is 0 Å². The Morgan fingerprint density at radius 3 is 2.72 bits per heavy atom. The summed E-state index contributed by atoms with van der Waals surface area (Å²) in [4.78, 5) is 2.85. The number of benzene rings is 1. The molecule has 1 unspecified atom stereocenters. The summed E-state index contributed by atoms with van der Waals surface area (Å²) in [5.74, 6) is 0.439. The van der Waals surface area contributed by atoms with Crippen LogP contribution in [-0.4, -0.2) is 34.7 Å². The molecule has 1 aliphatic heterocycles. The van der Waals surface area contributed by atoms with Gasteiger partial charge in [0.1, 0.15) is 4.99 Å². The third-order valence-electron chi connectivity index (χ3n) is 3.51. The van der Waals surface area contributed by atoms with Crippen molar-refractivity contribution in [2.45, 2.75) is 19.4 Å². The van der Waals surface area contributed by atoms with E-state index in [1.165, 1.54) is 12.0 Å². The number of aliphatic hydroxyl groups excluding tert-OH is 1. The molecule has 2 rings (SSSR count). The highest BCUT2D eigenvalue weighted by molar-refractivity contribution is 7.80. The van der Waals surface area contributed by atoms with Gasteiger partial charge >= 0.3 is 0 Å². The van der Waals surface area contributed by atoms with E-state index in [0.29, 0.717) is 17.5 Å². The van der Waals surface area contributed by atoms with Crippen LogP contribution < -0.4 is 5.73 Å². The van der Waals surface area contributed by atoms with Crippen molar-refractivity contribution in [1.29, 1.82) is 0 Å². The first kappa shape index (κ1) is 13.5. The number of nitrogens with zero attached hydrogens (tertiary/aromatic N) is 1. The predicted octanol–water partition coefficient (Wildman–Crippen LogP) is 1.53. The Labute approximate surface area is 114 Å². The highest BCUT2D eigenvalue weighted by atomic mass is 32.1. The van der Waals surface area contributed by atoms with Gasteiger partial charge in [0.2, 0.25) is 0 Å². The van der Waals surface area contributed by atoms with Crippen molar-refractivity contribution in [3.05, 3.63) is 35.4 Å². The van der Waals surface area contributed by atoms with Gasteiger partial charge in [0.15, 0.2) is 0 Å². The Morgan fingerprint density at radius 2 is 2.11 bits per heavy atom. The average Bonchev–Trinajstić information content (AvgIpc) is 2.39. The Balaban J connectivity index is 1.94. The maximum absolute atomic E-state index is 9.22. The van der Waals surface area contributed by atoms with Crippen LogP contribution in [0.4, 0.5) is 0 Å². The normalized spacial score (nSPS) is 20.8. The molecule has 1 aliphatic rings. The predicted molar refractivity (Wildman–Crippen MR) is 77.4 cm³/mol. The van der Waals surface area contributed by atoms with Gasteiger partial charge in [-0.05, 0) is 30.9 Å². The fourth-order valence-corrected chi connectivity index (χ4v) is 2.61. The van der Waals surface area contributed by atoms with Crippen LogP contribution >= 0.6 is 12.2 Å². The molecule has 0 aliphatic carbocycles. The molecule has 0 saturated carbocycles. The highest BCUT2D eigenvalue weighted by Gasteiger charge is 2.18. The summed E-state index contributed by atoms with van der Waals surface area (Å²) in [6, 6.07) is 8.12. The lowest BCUT2D eigenvalue weighted by Gasteiger charge is -2.31. The van der Waals surface area contributed by atoms with E-state index in [1.807, 2.05) is 12.1 Å². The zero-order valence-electron chi connectivity index (χ0n) is 10.5. The minimum Gasteiger partial charge on any atom is -0.396 e. The second-order valence-corrected chi connectivity index (χ2v) is 5.43. The van der Waals surface area contributed by atoms with E-state index < -0.39 is 0 Å². The number of aliphatic hydroxyl groups is 1. The molecule has 0 aromatic heterocycles. The quantitative estimate of drug-likeness (QED) is 0.810. The first-order valence-electron chi connectivity index (χ1n) is 6.41. The van der Waals surface area contributed by atoms with Crippen LogP contribution in [0.5, 0.6) is 0 Å². The van der Waals surface area contributed by atoms with Gasteiger partial charge in [-0.25, -0.2) is 0 Å². The van der Waals surface area contributed by atoms with Gasteiger partial charge in [-0.15, -0.1) is 0 Å². The lowest BCUT2D eigenvalue weighted by atomic mass is 9.98. The monoisotopic (exact) mass is 264 g/mol. The second kappa shape index (κ2) is 6.27. The van der Waals surface area contributed by atoms with Crippen LogP contribution in [0.2, 0.25) is 0 Å². The Bertz CT molecular complexity index is 405. The Kier molecular flexibility index (Phi) is 4.69. The van der Waals surface area contributed by atoms with E-state index in [-0.39, 0.29) is 0 Å². The number of nitrogens with two attached hydrogens (primary N) is 1. The van der Waals surface area contributed by atoms with Gasteiger partial charge in [-0.2, -0.15) is 0 Å². The highest BCUT2D eigenvalue weighted by Crippen LogP contribution is 2.18. The average molecular weight is 264 g/mol. The lowest BCUT2D eigenvalue weighted by Crippen LogP contribution is -2.36. The smallest absolute Gasteiger partial charge is 0.103 e. The first-order valence-corrected chi connectivity index (χ1v) is 6.82. The standard InChI is InChI=1S/C14H20N2OS/c15-14(18)13-5-3-11(4-6-13)8-16-7-1-2-12(9-16)10-17/h3-6,12,17H,1-2,7-10H2,(H2,15,18). The van der Waals surface area contributed by atoms with Crippen LogP contribution in [0, 0.1) is 5.92 Å². The second-order valence-electron chi connectivity index (χ2n) is 4.99. The van der Waals surface area contributed by atoms with Crippen LogP contribution in [0.1, 0.15) is 24.0 Å². The summed E-state index contributed by atoms with van der Waals surface area (Å²) in [5, 5.41) is 9.22. The van der Waals surface area contributed by atoms with Gasteiger partial charge in [0.05, 0.1) is 0 Å². The van der Waals surface area contributed by atoms with Crippen molar-refractivity contribution in [2.24, 2.45) is 11.7 Å². The third kappa shape index (κ3) is 3.51. The van der Waals surface area contributed by atoms with E-state index in [0.717, 1.165) is 31.6 Å². The van der Waals surface area contributed by atoms with Crippen molar-refractivity contribution in [1.82, 2.24) is 4.90 Å². The summed E-state index contributed by atoms with van der Waals surface area (Å²) in [7, 11) is 0. The first-order chi connectivity index (χ1) is 8.69. The molecule has 1 atom stereocenters. The summed E-state index contributed by atoms with van der Waals surface area (Å²) in [6.45, 7) is 3.35. The number of hydrogen-bond donors (Lipinski definition) is 2. The maximum Gasteiger partial charge on any atom is 0.103 e. The van der Waals surface area contributed by atoms with Crippen LogP contribution in [-0.2, 0) is 6.54 Å².